The molecule has 1 aromatic carbocycles. The van der Waals surface area contributed by atoms with Crippen molar-refractivity contribution in [1.29, 1.82) is 0 Å². The van der Waals surface area contributed by atoms with Crippen molar-refractivity contribution >= 4 is 0 Å². The molecule has 0 bridgehead atoms. The number of aryl methyl sites for hydroxylation is 2. The highest BCUT2D eigenvalue weighted by Crippen LogP contribution is 2.23. The van der Waals surface area contributed by atoms with E-state index in [2.05, 4.69) is 19.1 Å². The molecule has 1 aromatic rings. The van der Waals surface area contributed by atoms with Gasteiger partial charge in [0.1, 0.15) is 5.75 Å². The Labute approximate surface area is 109 Å². The van der Waals surface area contributed by atoms with E-state index in [-0.39, 0.29) is 19.1 Å². The van der Waals surface area contributed by atoms with Gasteiger partial charge in [-0.05, 0) is 43.4 Å². The molecule has 102 valence electrons. The van der Waals surface area contributed by atoms with Crippen LogP contribution in [0.15, 0.2) is 18.2 Å². The fourth-order valence-corrected chi connectivity index (χ4v) is 1.94. The summed E-state index contributed by atoms with van der Waals surface area (Å²) in [6.45, 7) is 4.83. The van der Waals surface area contributed by atoms with Crippen molar-refractivity contribution in [2.24, 2.45) is 5.92 Å². The van der Waals surface area contributed by atoms with Crippen LogP contribution >= 0.6 is 0 Å². The van der Waals surface area contributed by atoms with Gasteiger partial charge in [-0.3, -0.25) is 0 Å². The van der Waals surface area contributed by atoms with Crippen molar-refractivity contribution in [3.8, 4) is 5.75 Å². The second kappa shape index (κ2) is 8.11. The Balaban J connectivity index is 2.76. The Morgan fingerprint density at radius 3 is 2.44 bits per heavy atom. The highest BCUT2D eigenvalue weighted by atomic mass is 16.5. The molecule has 0 aliphatic carbocycles. The number of benzene rings is 1. The summed E-state index contributed by atoms with van der Waals surface area (Å²) in [4.78, 5) is 0. The van der Waals surface area contributed by atoms with Gasteiger partial charge in [-0.15, -0.1) is 0 Å². The van der Waals surface area contributed by atoms with E-state index in [1.807, 2.05) is 13.0 Å². The lowest BCUT2D eigenvalue weighted by atomic mass is 9.98. The van der Waals surface area contributed by atoms with Gasteiger partial charge in [-0.2, -0.15) is 0 Å². The highest BCUT2D eigenvalue weighted by molar-refractivity contribution is 5.37. The first-order valence-electron chi connectivity index (χ1n) is 6.71. The summed E-state index contributed by atoms with van der Waals surface area (Å²) in [5.74, 6) is 0.883. The molecule has 3 nitrogen and oxygen atoms in total. The third-order valence-corrected chi connectivity index (χ3v) is 3.17. The maximum absolute atomic E-state index is 9.09. The SMILES string of the molecule is CCOc1ccc(CC)cc1CCC(CO)CO. The summed E-state index contributed by atoms with van der Waals surface area (Å²) in [5.41, 5.74) is 2.46. The molecule has 0 spiro atoms. The zero-order valence-corrected chi connectivity index (χ0v) is 11.4. The summed E-state index contributed by atoms with van der Waals surface area (Å²) in [6, 6.07) is 6.27. The van der Waals surface area contributed by atoms with Crippen LogP contribution in [-0.2, 0) is 12.8 Å². The van der Waals surface area contributed by atoms with Crippen LogP contribution < -0.4 is 4.74 Å². The summed E-state index contributed by atoms with van der Waals surface area (Å²) < 4.78 is 5.61. The number of rotatable bonds is 8. The molecule has 0 aromatic heterocycles. The van der Waals surface area contributed by atoms with E-state index in [1.54, 1.807) is 0 Å². The number of hydrogen-bond donors (Lipinski definition) is 2. The first kappa shape index (κ1) is 15.0. The monoisotopic (exact) mass is 252 g/mol. The Morgan fingerprint density at radius 1 is 1.17 bits per heavy atom. The lowest BCUT2D eigenvalue weighted by Gasteiger charge is -2.14. The van der Waals surface area contributed by atoms with Crippen LogP contribution in [0.2, 0.25) is 0 Å². The van der Waals surface area contributed by atoms with Crippen molar-refractivity contribution < 1.29 is 14.9 Å². The Hall–Kier alpha value is -1.06. The number of hydrogen-bond acceptors (Lipinski definition) is 3. The van der Waals surface area contributed by atoms with Gasteiger partial charge in [0.05, 0.1) is 6.61 Å². The lowest BCUT2D eigenvalue weighted by Crippen LogP contribution is -2.12. The van der Waals surface area contributed by atoms with Crippen LogP contribution in [-0.4, -0.2) is 30.0 Å². The second-order valence-electron chi connectivity index (χ2n) is 4.50. The smallest absolute Gasteiger partial charge is 0.122 e. The van der Waals surface area contributed by atoms with E-state index in [0.29, 0.717) is 6.61 Å². The molecule has 0 saturated heterocycles. The third kappa shape index (κ3) is 4.31. The average molecular weight is 252 g/mol. The third-order valence-electron chi connectivity index (χ3n) is 3.17. The topological polar surface area (TPSA) is 49.7 Å². The van der Waals surface area contributed by atoms with Crippen LogP contribution in [0.3, 0.4) is 0 Å². The molecule has 0 atom stereocenters. The Bertz CT molecular complexity index is 346. The number of aliphatic hydroxyl groups excluding tert-OH is 2. The van der Waals surface area contributed by atoms with Gasteiger partial charge in [0.25, 0.3) is 0 Å². The molecule has 0 saturated carbocycles. The molecular weight excluding hydrogens is 228 g/mol. The molecule has 0 amide bonds. The van der Waals surface area contributed by atoms with E-state index in [4.69, 9.17) is 14.9 Å². The van der Waals surface area contributed by atoms with Gasteiger partial charge in [0, 0.05) is 19.1 Å². The number of ether oxygens (including phenoxy) is 1. The van der Waals surface area contributed by atoms with Crippen LogP contribution in [0.25, 0.3) is 0 Å². The van der Waals surface area contributed by atoms with Gasteiger partial charge >= 0.3 is 0 Å². The second-order valence-corrected chi connectivity index (χ2v) is 4.50. The molecule has 0 heterocycles. The molecule has 18 heavy (non-hydrogen) atoms. The lowest BCUT2D eigenvalue weighted by molar-refractivity contribution is 0.144. The molecule has 3 heteroatoms. The first-order chi connectivity index (χ1) is 8.74. The summed E-state index contributed by atoms with van der Waals surface area (Å²) in [6.07, 6.45) is 2.61. The predicted molar refractivity (Wildman–Crippen MR) is 73.0 cm³/mol. The van der Waals surface area contributed by atoms with Gasteiger partial charge in [-0.25, -0.2) is 0 Å². The molecule has 2 N–H and O–H groups in total. The molecule has 0 fully saturated rings. The fourth-order valence-electron chi connectivity index (χ4n) is 1.94. The van der Waals surface area contributed by atoms with E-state index < -0.39 is 0 Å². The summed E-state index contributed by atoms with van der Waals surface area (Å²) >= 11 is 0. The Morgan fingerprint density at radius 2 is 1.89 bits per heavy atom. The normalized spacial score (nSPS) is 10.9. The maximum Gasteiger partial charge on any atom is 0.122 e. The van der Waals surface area contributed by atoms with Gasteiger partial charge in [0.2, 0.25) is 0 Å². The molecule has 0 unspecified atom stereocenters. The minimum atomic E-state index is -0.0373. The first-order valence-corrected chi connectivity index (χ1v) is 6.71. The summed E-state index contributed by atoms with van der Waals surface area (Å²) in [7, 11) is 0. The van der Waals surface area contributed by atoms with Crippen molar-refractivity contribution in [2.45, 2.75) is 33.1 Å². The quantitative estimate of drug-likeness (QED) is 0.745. The maximum atomic E-state index is 9.09. The molecule has 0 aliphatic rings. The average Bonchev–Trinajstić information content (AvgIpc) is 2.41. The zero-order valence-electron chi connectivity index (χ0n) is 11.4. The van der Waals surface area contributed by atoms with Crippen LogP contribution in [0.5, 0.6) is 5.75 Å². The zero-order chi connectivity index (χ0) is 13.4. The molecular formula is C15H24O3. The van der Waals surface area contributed by atoms with E-state index in [9.17, 15) is 0 Å². The van der Waals surface area contributed by atoms with Gasteiger partial charge in [-0.1, -0.05) is 19.1 Å². The largest absolute Gasteiger partial charge is 0.494 e. The molecule has 0 radical (unpaired) electrons. The van der Waals surface area contributed by atoms with Crippen molar-refractivity contribution in [1.82, 2.24) is 0 Å². The van der Waals surface area contributed by atoms with Crippen molar-refractivity contribution in [3.05, 3.63) is 29.3 Å². The summed E-state index contributed by atoms with van der Waals surface area (Å²) in [5, 5.41) is 18.2. The van der Waals surface area contributed by atoms with E-state index in [1.165, 1.54) is 11.1 Å². The van der Waals surface area contributed by atoms with E-state index in [0.717, 1.165) is 25.0 Å². The highest BCUT2D eigenvalue weighted by Gasteiger charge is 2.10. The Kier molecular flexibility index (Phi) is 6.76. The van der Waals surface area contributed by atoms with Crippen molar-refractivity contribution in [3.63, 3.8) is 0 Å². The van der Waals surface area contributed by atoms with Gasteiger partial charge in [0.15, 0.2) is 0 Å². The standard InChI is InChI=1S/C15H24O3/c1-3-12-6-8-15(18-4-2)14(9-12)7-5-13(10-16)11-17/h6,8-9,13,16-17H,3-5,7,10-11H2,1-2H3. The van der Waals surface area contributed by atoms with Gasteiger partial charge < -0.3 is 14.9 Å². The molecule has 1 rings (SSSR count). The minimum Gasteiger partial charge on any atom is -0.494 e. The fraction of sp³-hybridized carbons (Fsp3) is 0.600. The number of aliphatic hydroxyl groups is 2. The van der Waals surface area contributed by atoms with Crippen LogP contribution in [0.4, 0.5) is 0 Å². The van der Waals surface area contributed by atoms with E-state index >= 15 is 0 Å². The van der Waals surface area contributed by atoms with Crippen LogP contribution in [0.1, 0.15) is 31.4 Å². The van der Waals surface area contributed by atoms with Crippen molar-refractivity contribution in [2.75, 3.05) is 19.8 Å². The minimum absolute atomic E-state index is 0.0357. The molecule has 0 aliphatic heterocycles. The van der Waals surface area contributed by atoms with Crippen LogP contribution in [0, 0.1) is 5.92 Å². The predicted octanol–water partition coefficient (Wildman–Crippen LogP) is 2.18.